The number of rotatable bonds is 4. The van der Waals surface area contributed by atoms with Crippen molar-refractivity contribution in [3.8, 4) is 17.6 Å². The molecule has 0 atom stereocenters. The monoisotopic (exact) mass is 298 g/mol. The van der Waals surface area contributed by atoms with Crippen molar-refractivity contribution in [2.45, 2.75) is 0 Å². The van der Waals surface area contributed by atoms with E-state index < -0.39 is 9.85 Å². The van der Waals surface area contributed by atoms with Gasteiger partial charge in [-0.2, -0.15) is 0 Å². The van der Waals surface area contributed by atoms with Crippen LogP contribution in [0.25, 0.3) is 0 Å². The summed E-state index contributed by atoms with van der Waals surface area (Å²) in [6.45, 7) is 0.106. The SMILES string of the molecule is O=[N+]([O-])c1ccc(C#CCOc2ccc([N+](=O)[O-])cc2)cc1. The maximum Gasteiger partial charge on any atom is 0.269 e. The van der Waals surface area contributed by atoms with Crippen molar-refractivity contribution in [3.05, 3.63) is 74.3 Å². The summed E-state index contributed by atoms with van der Waals surface area (Å²) in [5.41, 5.74) is 0.634. The van der Waals surface area contributed by atoms with E-state index in [2.05, 4.69) is 11.8 Å². The molecule has 0 amide bonds. The van der Waals surface area contributed by atoms with Crippen molar-refractivity contribution in [2.75, 3.05) is 6.61 Å². The van der Waals surface area contributed by atoms with Crippen LogP contribution in [0.3, 0.4) is 0 Å². The quantitative estimate of drug-likeness (QED) is 0.491. The molecule has 7 nitrogen and oxygen atoms in total. The predicted octanol–water partition coefficient (Wildman–Crippen LogP) is 2.93. The molecule has 0 N–H and O–H groups in total. The highest BCUT2D eigenvalue weighted by molar-refractivity contribution is 5.41. The molecule has 2 rings (SSSR count). The molecular weight excluding hydrogens is 288 g/mol. The second-order valence-electron chi connectivity index (χ2n) is 4.15. The zero-order valence-corrected chi connectivity index (χ0v) is 11.3. The molecule has 0 aliphatic rings. The van der Waals surface area contributed by atoms with Gasteiger partial charge in [0.15, 0.2) is 0 Å². The van der Waals surface area contributed by atoms with E-state index in [-0.39, 0.29) is 18.0 Å². The standard InChI is InChI=1S/C15H10N2O5/c18-16(19)13-5-3-12(4-6-13)2-1-11-22-15-9-7-14(8-10-15)17(20)21/h3-10H,11H2. The smallest absolute Gasteiger partial charge is 0.269 e. The Kier molecular flexibility index (Phi) is 4.67. The molecule has 0 unspecified atom stereocenters. The first kappa shape index (κ1) is 15.0. The fourth-order valence-electron chi connectivity index (χ4n) is 1.59. The van der Waals surface area contributed by atoms with Gasteiger partial charge < -0.3 is 4.74 Å². The Balaban J connectivity index is 1.91. The van der Waals surface area contributed by atoms with Gasteiger partial charge in [0.2, 0.25) is 0 Å². The first-order valence-electron chi connectivity index (χ1n) is 6.17. The molecule has 7 heteroatoms. The third-order valence-electron chi connectivity index (χ3n) is 2.67. The molecule has 2 aromatic rings. The van der Waals surface area contributed by atoms with Crippen LogP contribution >= 0.6 is 0 Å². The highest BCUT2D eigenvalue weighted by Crippen LogP contribution is 2.17. The molecular formula is C15H10N2O5. The molecule has 0 aliphatic heterocycles. The minimum atomic E-state index is -0.488. The average Bonchev–Trinajstić information content (AvgIpc) is 2.52. The van der Waals surface area contributed by atoms with Crippen molar-refractivity contribution >= 4 is 11.4 Å². The molecule has 2 aromatic carbocycles. The van der Waals surface area contributed by atoms with E-state index in [0.29, 0.717) is 11.3 Å². The lowest BCUT2D eigenvalue weighted by molar-refractivity contribution is -0.385. The Morgan fingerprint density at radius 3 is 1.86 bits per heavy atom. The van der Waals surface area contributed by atoms with Gasteiger partial charge in [-0.3, -0.25) is 20.2 Å². The Hall–Kier alpha value is -3.40. The van der Waals surface area contributed by atoms with Crippen molar-refractivity contribution in [1.82, 2.24) is 0 Å². The lowest BCUT2D eigenvalue weighted by Crippen LogP contribution is -1.94. The summed E-state index contributed by atoms with van der Waals surface area (Å²) in [5, 5.41) is 21.0. The van der Waals surface area contributed by atoms with Gasteiger partial charge >= 0.3 is 0 Å². The van der Waals surface area contributed by atoms with Gasteiger partial charge in [0.05, 0.1) is 9.85 Å². The maximum atomic E-state index is 10.5. The first-order valence-corrected chi connectivity index (χ1v) is 6.17. The number of ether oxygens (including phenoxy) is 1. The normalized spacial score (nSPS) is 9.45. The van der Waals surface area contributed by atoms with Crippen LogP contribution in [-0.4, -0.2) is 16.5 Å². The van der Waals surface area contributed by atoms with E-state index in [1.165, 1.54) is 36.4 Å². The number of benzene rings is 2. The molecule has 0 bridgehead atoms. The van der Waals surface area contributed by atoms with Gasteiger partial charge in [-0.05, 0) is 24.3 Å². The average molecular weight is 298 g/mol. The zero-order valence-electron chi connectivity index (χ0n) is 11.3. The van der Waals surface area contributed by atoms with E-state index in [9.17, 15) is 20.2 Å². The van der Waals surface area contributed by atoms with Crippen molar-refractivity contribution < 1.29 is 14.6 Å². The van der Waals surface area contributed by atoms with Gasteiger partial charge in [0, 0.05) is 29.8 Å². The second kappa shape index (κ2) is 6.85. The minimum absolute atomic E-state index is 0.00711. The molecule has 0 saturated heterocycles. The second-order valence-corrected chi connectivity index (χ2v) is 4.15. The van der Waals surface area contributed by atoms with E-state index in [1.807, 2.05) is 0 Å². The third-order valence-corrected chi connectivity index (χ3v) is 2.67. The third kappa shape index (κ3) is 4.05. The van der Waals surface area contributed by atoms with Crippen molar-refractivity contribution in [1.29, 1.82) is 0 Å². The lowest BCUT2D eigenvalue weighted by Gasteiger charge is -2.00. The summed E-state index contributed by atoms with van der Waals surface area (Å²) in [6, 6.07) is 11.5. The number of nitrogens with zero attached hydrogens (tertiary/aromatic N) is 2. The van der Waals surface area contributed by atoms with Crippen LogP contribution in [-0.2, 0) is 0 Å². The molecule has 0 radical (unpaired) electrons. The summed E-state index contributed by atoms with van der Waals surface area (Å²) in [7, 11) is 0. The van der Waals surface area contributed by atoms with E-state index >= 15 is 0 Å². The molecule has 0 spiro atoms. The molecule has 110 valence electrons. The largest absolute Gasteiger partial charge is 0.481 e. The Bertz CT molecular complexity index is 742. The molecule has 22 heavy (non-hydrogen) atoms. The summed E-state index contributed by atoms with van der Waals surface area (Å²) >= 11 is 0. The zero-order chi connectivity index (χ0) is 15.9. The Morgan fingerprint density at radius 2 is 1.36 bits per heavy atom. The summed E-state index contributed by atoms with van der Waals surface area (Å²) in [4.78, 5) is 20.0. The number of nitro benzene ring substituents is 2. The minimum Gasteiger partial charge on any atom is -0.481 e. The molecule has 0 aliphatic carbocycles. The van der Waals surface area contributed by atoms with Gasteiger partial charge in [-0.25, -0.2) is 0 Å². The van der Waals surface area contributed by atoms with Crippen LogP contribution in [0.5, 0.6) is 5.75 Å². The van der Waals surface area contributed by atoms with Crippen LogP contribution in [0.4, 0.5) is 11.4 Å². The molecule has 0 aromatic heterocycles. The van der Waals surface area contributed by atoms with Crippen molar-refractivity contribution in [3.63, 3.8) is 0 Å². The number of hydrogen-bond donors (Lipinski definition) is 0. The highest BCUT2D eigenvalue weighted by Gasteiger charge is 2.04. The topological polar surface area (TPSA) is 95.5 Å². The Morgan fingerprint density at radius 1 is 0.864 bits per heavy atom. The summed E-state index contributed by atoms with van der Waals surface area (Å²) in [5.74, 6) is 6.04. The van der Waals surface area contributed by atoms with E-state index in [1.54, 1.807) is 12.1 Å². The molecule has 0 saturated carbocycles. The molecule has 0 heterocycles. The van der Waals surface area contributed by atoms with Crippen LogP contribution in [0, 0.1) is 32.1 Å². The van der Waals surface area contributed by atoms with Crippen LogP contribution in [0.2, 0.25) is 0 Å². The number of hydrogen-bond acceptors (Lipinski definition) is 5. The van der Waals surface area contributed by atoms with Gasteiger partial charge in [-0.1, -0.05) is 11.8 Å². The van der Waals surface area contributed by atoms with Crippen molar-refractivity contribution in [2.24, 2.45) is 0 Å². The fraction of sp³-hybridized carbons (Fsp3) is 0.0667. The highest BCUT2D eigenvalue weighted by atomic mass is 16.6. The summed E-state index contributed by atoms with van der Waals surface area (Å²) < 4.78 is 5.32. The molecule has 0 fully saturated rings. The van der Waals surface area contributed by atoms with Gasteiger partial charge in [0.25, 0.3) is 11.4 Å². The first-order chi connectivity index (χ1) is 10.6. The number of nitro groups is 2. The predicted molar refractivity (Wildman–Crippen MR) is 78.6 cm³/mol. The fourth-order valence-corrected chi connectivity index (χ4v) is 1.59. The van der Waals surface area contributed by atoms with Gasteiger partial charge in [-0.15, -0.1) is 0 Å². The van der Waals surface area contributed by atoms with Crippen LogP contribution in [0.15, 0.2) is 48.5 Å². The van der Waals surface area contributed by atoms with Crippen LogP contribution in [0.1, 0.15) is 5.56 Å². The number of non-ortho nitro benzene ring substituents is 2. The maximum absolute atomic E-state index is 10.5. The van der Waals surface area contributed by atoms with Crippen LogP contribution < -0.4 is 4.74 Å². The van der Waals surface area contributed by atoms with E-state index in [0.717, 1.165) is 0 Å². The Labute approximate surface area is 125 Å². The van der Waals surface area contributed by atoms with E-state index in [4.69, 9.17) is 4.74 Å². The summed E-state index contributed by atoms with van der Waals surface area (Å²) in [6.07, 6.45) is 0. The lowest BCUT2D eigenvalue weighted by atomic mass is 10.2. The van der Waals surface area contributed by atoms with Gasteiger partial charge in [0.1, 0.15) is 12.4 Å².